The minimum absolute atomic E-state index is 0.102. The number of ketones is 1. The zero-order valence-corrected chi connectivity index (χ0v) is 18.4. The maximum atomic E-state index is 13.2. The summed E-state index contributed by atoms with van der Waals surface area (Å²) in [5.74, 6) is -0.349. The molecule has 0 bridgehead atoms. The molecule has 0 unspecified atom stereocenters. The molecule has 1 heterocycles. The number of benzene rings is 2. The first kappa shape index (κ1) is 20.8. The Morgan fingerprint density at radius 1 is 1.03 bits per heavy atom. The minimum atomic E-state index is -0.451. The van der Waals surface area contributed by atoms with Crippen LogP contribution in [0.4, 0.5) is 0 Å². The van der Waals surface area contributed by atoms with Crippen molar-refractivity contribution in [1.82, 2.24) is 4.57 Å². The van der Waals surface area contributed by atoms with Gasteiger partial charge in [-0.2, -0.15) is 0 Å². The lowest BCUT2D eigenvalue weighted by Gasteiger charge is -2.12. The molecule has 0 N–H and O–H groups in total. The van der Waals surface area contributed by atoms with Gasteiger partial charge in [-0.25, -0.2) is 4.79 Å². The van der Waals surface area contributed by atoms with E-state index in [1.807, 2.05) is 50.3 Å². The van der Waals surface area contributed by atoms with Gasteiger partial charge in [0, 0.05) is 46.4 Å². The second kappa shape index (κ2) is 8.34. The SMILES string of the molecule is CCn1c2ccc(C(=O)C3=C(C)C=CCC3)cc2c2cc(/C(C)=N/OC(C)=O)ccc21. The third kappa shape index (κ3) is 3.83. The lowest BCUT2D eigenvalue weighted by atomic mass is 9.91. The topological polar surface area (TPSA) is 60.7 Å². The van der Waals surface area contributed by atoms with Crippen LogP contribution in [0.15, 0.2) is 64.9 Å². The van der Waals surface area contributed by atoms with Crippen LogP contribution in [0, 0.1) is 0 Å². The van der Waals surface area contributed by atoms with Gasteiger partial charge in [0.1, 0.15) is 0 Å². The Bertz CT molecular complexity index is 1310. The lowest BCUT2D eigenvalue weighted by molar-refractivity contribution is -0.140. The number of allylic oxidation sites excluding steroid dienone is 4. The highest BCUT2D eigenvalue weighted by Crippen LogP contribution is 2.32. The maximum Gasteiger partial charge on any atom is 0.331 e. The fourth-order valence-electron chi connectivity index (χ4n) is 4.25. The average molecular weight is 415 g/mol. The standard InChI is InChI=1S/C26H26N2O3/c1-5-28-24-12-10-19(17(3)27-31-18(4)29)14-22(24)23-15-20(11-13-25(23)28)26(30)21-9-7-6-8-16(21)2/h6,8,10-15H,5,7,9H2,1-4H3/b27-17+. The van der Waals surface area contributed by atoms with Crippen molar-refractivity contribution in [3.05, 3.63) is 70.8 Å². The first-order chi connectivity index (χ1) is 14.9. The third-order valence-electron chi connectivity index (χ3n) is 5.85. The van der Waals surface area contributed by atoms with Gasteiger partial charge < -0.3 is 9.40 Å². The Labute approximate surface area is 181 Å². The van der Waals surface area contributed by atoms with E-state index in [-0.39, 0.29) is 5.78 Å². The van der Waals surface area contributed by atoms with Crippen molar-refractivity contribution in [2.24, 2.45) is 5.16 Å². The highest BCUT2D eigenvalue weighted by molar-refractivity contribution is 6.16. The first-order valence-corrected chi connectivity index (χ1v) is 10.6. The molecule has 4 rings (SSSR count). The molecule has 5 heteroatoms. The summed E-state index contributed by atoms with van der Waals surface area (Å²) in [4.78, 5) is 29.1. The van der Waals surface area contributed by atoms with Crippen LogP contribution in [0.2, 0.25) is 0 Å². The molecule has 3 aromatic rings. The van der Waals surface area contributed by atoms with Gasteiger partial charge in [0.15, 0.2) is 5.78 Å². The quantitative estimate of drug-likeness (QED) is 0.224. The van der Waals surface area contributed by atoms with E-state index in [4.69, 9.17) is 4.84 Å². The summed E-state index contributed by atoms with van der Waals surface area (Å²) in [6.07, 6.45) is 5.84. The Balaban J connectivity index is 1.87. The normalized spacial score (nSPS) is 14.5. The van der Waals surface area contributed by atoms with Crippen molar-refractivity contribution in [2.75, 3.05) is 0 Å². The summed E-state index contributed by atoms with van der Waals surface area (Å²) in [6, 6.07) is 12.1. The van der Waals surface area contributed by atoms with Gasteiger partial charge in [-0.05, 0) is 75.1 Å². The summed E-state index contributed by atoms with van der Waals surface area (Å²) in [5.41, 5.74) is 6.34. The molecule has 1 aliphatic carbocycles. The molecule has 0 aliphatic heterocycles. The number of fused-ring (bicyclic) bond motifs is 3. The van der Waals surface area contributed by atoms with Gasteiger partial charge in [-0.3, -0.25) is 4.79 Å². The van der Waals surface area contributed by atoms with E-state index in [1.54, 1.807) is 0 Å². The van der Waals surface area contributed by atoms with Crippen LogP contribution in [0.1, 0.15) is 56.5 Å². The second-order valence-corrected chi connectivity index (χ2v) is 7.90. The molecule has 1 aliphatic rings. The van der Waals surface area contributed by atoms with Crippen LogP contribution < -0.4 is 0 Å². The number of aryl methyl sites for hydroxylation is 1. The van der Waals surface area contributed by atoms with Crippen molar-refractivity contribution in [3.63, 3.8) is 0 Å². The molecule has 0 radical (unpaired) electrons. The Morgan fingerprint density at radius 2 is 1.68 bits per heavy atom. The largest absolute Gasteiger partial charge is 0.341 e. The average Bonchev–Trinajstić information content (AvgIpc) is 3.09. The first-order valence-electron chi connectivity index (χ1n) is 10.6. The molecule has 31 heavy (non-hydrogen) atoms. The zero-order chi connectivity index (χ0) is 22.1. The summed E-state index contributed by atoms with van der Waals surface area (Å²) >= 11 is 0. The van der Waals surface area contributed by atoms with E-state index in [1.165, 1.54) is 6.92 Å². The molecule has 2 aromatic carbocycles. The summed E-state index contributed by atoms with van der Waals surface area (Å²) in [7, 11) is 0. The fourth-order valence-corrected chi connectivity index (χ4v) is 4.25. The van der Waals surface area contributed by atoms with Gasteiger partial charge in [0.25, 0.3) is 0 Å². The summed E-state index contributed by atoms with van der Waals surface area (Å²) in [5, 5.41) is 6.00. The van der Waals surface area contributed by atoms with Gasteiger partial charge >= 0.3 is 5.97 Å². The smallest absolute Gasteiger partial charge is 0.331 e. The molecule has 0 saturated heterocycles. The number of nitrogens with zero attached hydrogens (tertiary/aromatic N) is 2. The number of oxime groups is 1. The number of aromatic nitrogens is 1. The number of hydrogen-bond acceptors (Lipinski definition) is 4. The van der Waals surface area contributed by atoms with E-state index < -0.39 is 5.97 Å². The molecular formula is C26H26N2O3. The van der Waals surface area contributed by atoms with Crippen LogP contribution >= 0.6 is 0 Å². The highest BCUT2D eigenvalue weighted by atomic mass is 16.7. The lowest BCUT2D eigenvalue weighted by Crippen LogP contribution is -2.07. The Morgan fingerprint density at radius 3 is 2.29 bits per heavy atom. The van der Waals surface area contributed by atoms with E-state index >= 15 is 0 Å². The zero-order valence-electron chi connectivity index (χ0n) is 18.4. The number of hydrogen-bond donors (Lipinski definition) is 0. The number of Topliss-reactive ketones (excluding diaryl/α,β-unsaturated/α-hetero) is 1. The monoisotopic (exact) mass is 414 g/mol. The van der Waals surface area contributed by atoms with Crippen LogP contribution in [-0.4, -0.2) is 22.0 Å². The molecule has 0 spiro atoms. The van der Waals surface area contributed by atoms with Crippen LogP contribution in [-0.2, 0) is 16.2 Å². The Hall–Kier alpha value is -3.47. The van der Waals surface area contributed by atoms with Crippen molar-refractivity contribution < 1.29 is 14.4 Å². The molecule has 5 nitrogen and oxygen atoms in total. The molecular weight excluding hydrogens is 388 g/mol. The molecule has 0 amide bonds. The minimum Gasteiger partial charge on any atom is -0.341 e. The molecule has 158 valence electrons. The van der Waals surface area contributed by atoms with Crippen molar-refractivity contribution in [2.45, 2.75) is 47.1 Å². The van der Waals surface area contributed by atoms with E-state index in [0.29, 0.717) is 11.3 Å². The summed E-state index contributed by atoms with van der Waals surface area (Å²) in [6.45, 7) is 8.07. The van der Waals surface area contributed by atoms with Gasteiger partial charge in [0.05, 0.1) is 5.71 Å². The van der Waals surface area contributed by atoms with E-state index in [0.717, 1.165) is 57.9 Å². The second-order valence-electron chi connectivity index (χ2n) is 7.90. The van der Waals surface area contributed by atoms with Crippen molar-refractivity contribution in [3.8, 4) is 0 Å². The molecule has 1 aromatic heterocycles. The van der Waals surface area contributed by atoms with Gasteiger partial charge in [0.2, 0.25) is 0 Å². The molecule has 0 saturated carbocycles. The van der Waals surface area contributed by atoms with Crippen LogP contribution in [0.25, 0.3) is 21.8 Å². The van der Waals surface area contributed by atoms with Gasteiger partial charge in [-0.15, -0.1) is 0 Å². The molecule has 0 atom stereocenters. The van der Waals surface area contributed by atoms with E-state index in [2.05, 4.69) is 28.8 Å². The van der Waals surface area contributed by atoms with Crippen molar-refractivity contribution >= 4 is 39.3 Å². The highest BCUT2D eigenvalue weighted by Gasteiger charge is 2.18. The predicted molar refractivity (Wildman–Crippen MR) is 124 cm³/mol. The maximum absolute atomic E-state index is 13.2. The Kier molecular flexibility index (Phi) is 5.59. The summed E-state index contributed by atoms with van der Waals surface area (Å²) < 4.78 is 2.25. The predicted octanol–water partition coefficient (Wildman–Crippen LogP) is 5.95. The number of rotatable bonds is 5. The van der Waals surface area contributed by atoms with Crippen LogP contribution in [0.3, 0.4) is 0 Å². The number of carbonyl (C=O) groups excluding carboxylic acids is 2. The number of carbonyl (C=O) groups is 2. The molecule has 0 fully saturated rings. The fraction of sp³-hybridized carbons (Fsp3) is 0.269. The van der Waals surface area contributed by atoms with Crippen LogP contribution in [0.5, 0.6) is 0 Å². The van der Waals surface area contributed by atoms with E-state index in [9.17, 15) is 9.59 Å². The third-order valence-corrected chi connectivity index (χ3v) is 5.85. The van der Waals surface area contributed by atoms with Crippen molar-refractivity contribution in [1.29, 1.82) is 0 Å². The van der Waals surface area contributed by atoms with Gasteiger partial charge in [-0.1, -0.05) is 23.4 Å².